The van der Waals surface area contributed by atoms with E-state index in [1.54, 1.807) is 25.2 Å². The van der Waals surface area contributed by atoms with E-state index in [-0.39, 0.29) is 23.9 Å². The number of urea groups is 2. The van der Waals surface area contributed by atoms with Crippen LogP contribution in [0.2, 0.25) is 0 Å². The highest BCUT2D eigenvalue weighted by molar-refractivity contribution is 5.98. The molecule has 2 aliphatic rings. The van der Waals surface area contributed by atoms with Gasteiger partial charge in [-0.05, 0) is 43.2 Å². The largest absolute Gasteiger partial charge is 0.487 e. The Morgan fingerprint density at radius 3 is 2.73 bits per heavy atom. The van der Waals surface area contributed by atoms with Crippen LogP contribution in [0.1, 0.15) is 63.1 Å². The molecule has 0 bridgehead atoms. The first-order valence-corrected chi connectivity index (χ1v) is 11.5. The summed E-state index contributed by atoms with van der Waals surface area (Å²) < 4.78 is 20.5. The van der Waals surface area contributed by atoms with Crippen LogP contribution in [0.5, 0.6) is 5.75 Å². The van der Waals surface area contributed by atoms with Crippen LogP contribution in [0.4, 0.5) is 25.4 Å². The second kappa shape index (κ2) is 9.29. The van der Waals surface area contributed by atoms with Crippen molar-refractivity contribution in [2.75, 3.05) is 17.3 Å². The number of carbonyl (C=O) groups is 2. The predicted molar refractivity (Wildman–Crippen MR) is 126 cm³/mol. The molecule has 7 nitrogen and oxygen atoms in total. The Morgan fingerprint density at radius 1 is 1.24 bits per heavy atom. The van der Waals surface area contributed by atoms with E-state index >= 15 is 0 Å². The average Bonchev–Trinajstić information content (AvgIpc) is 2.77. The van der Waals surface area contributed by atoms with Crippen molar-refractivity contribution in [3.05, 3.63) is 53.3 Å². The lowest BCUT2D eigenvalue weighted by atomic mass is 9.81. The second-order valence-corrected chi connectivity index (χ2v) is 8.84. The van der Waals surface area contributed by atoms with Gasteiger partial charge in [-0.15, -0.1) is 0 Å². The quantitative estimate of drug-likeness (QED) is 0.541. The van der Waals surface area contributed by atoms with Crippen molar-refractivity contribution in [3.8, 4) is 5.75 Å². The van der Waals surface area contributed by atoms with E-state index < -0.39 is 5.60 Å². The number of carbonyl (C=O) groups excluding carboxylic acids is 2. The van der Waals surface area contributed by atoms with Gasteiger partial charge in [0.15, 0.2) is 0 Å². The van der Waals surface area contributed by atoms with Gasteiger partial charge in [-0.25, -0.2) is 14.0 Å². The van der Waals surface area contributed by atoms with Gasteiger partial charge in [0.1, 0.15) is 17.2 Å². The molecule has 0 unspecified atom stereocenters. The summed E-state index contributed by atoms with van der Waals surface area (Å²) in [4.78, 5) is 26.5. The zero-order valence-corrected chi connectivity index (χ0v) is 19.3. The number of hydrogen-bond acceptors (Lipinski definition) is 3. The molecule has 0 aromatic heterocycles. The number of rotatable bonds is 6. The fraction of sp³-hybridized carbons (Fsp3) is 0.440. The molecule has 0 spiro atoms. The standard InChI is InChI=1S/C25H31FN4O3/c1-4-11-25(12-5-2)14-20(17-13-16(26)9-10-22(17)33-25)29-23(31)28-19-7-6-8-21-18(19)15-27-24(32)30(21)3/h6-10,13,20H,4-5,11-12,14-15H2,1-3H3,(H,27,32)(H2,28,29,31)/t20-/m1/s1. The summed E-state index contributed by atoms with van der Waals surface area (Å²) in [7, 11) is 1.69. The van der Waals surface area contributed by atoms with Crippen molar-refractivity contribution in [2.24, 2.45) is 0 Å². The molecule has 3 N–H and O–H groups in total. The Kier molecular flexibility index (Phi) is 6.44. The van der Waals surface area contributed by atoms with Crippen molar-refractivity contribution in [1.29, 1.82) is 0 Å². The van der Waals surface area contributed by atoms with E-state index in [1.807, 2.05) is 6.07 Å². The summed E-state index contributed by atoms with van der Waals surface area (Å²) in [6, 6.07) is 8.99. The fourth-order valence-corrected chi connectivity index (χ4v) is 5.01. The highest BCUT2D eigenvalue weighted by Crippen LogP contribution is 2.44. The molecule has 2 aliphatic heterocycles. The Labute approximate surface area is 193 Å². The van der Waals surface area contributed by atoms with Gasteiger partial charge >= 0.3 is 12.1 Å². The van der Waals surface area contributed by atoms with Crippen LogP contribution in [0.25, 0.3) is 0 Å². The second-order valence-electron chi connectivity index (χ2n) is 8.84. The number of anilines is 2. The number of nitrogens with zero attached hydrogens (tertiary/aromatic N) is 1. The van der Waals surface area contributed by atoms with Gasteiger partial charge in [0.05, 0.1) is 11.7 Å². The minimum atomic E-state index is -0.398. The summed E-state index contributed by atoms with van der Waals surface area (Å²) >= 11 is 0. The number of hydrogen-bond donors (Lipinski definition) is 3. The molecular weight excluding hydrogens is 423 g/mol. The van der Waals surface area contributed by atoms with Crippen LogP contribution in [0.15, 0.2) is 36.4 Å². The maximum atomic E-state index is 14.1. The third-order valence-electron chi connectivity index (χ3n) is 6.45. The van der Waals surface area contributed by atoms with Crippen LogP contribution in [0, 0.1) is 5.82 Å². The number of halogens is 1. The molecule has 0 saturated heterocycles. The minimum absolute atomic E-state index is 0.187. The van der Waals surface area contributed by atoms with E-state index in [1.165, 1.54) is 17.0 Å². The highest BCUT2D eigenvalue weighted by atomic mass is 19.1. The van der Waals surface area contributed by atoms with Gasteiger partial charge in [-0.2, -0.15) is 0 Å². The molecule has 8 heteroatoms. The molecule has 4 amide bonds. The molecule has 1 atom stereocenters. The number of fused-ring (bicyclic) bond motifs is 2. The zero-order valence-electron chi connectivity index (χ0n) is 19.3. The van der Waals surface area contributed by atoms with Crippen LogP contribution in [0.3, 0.4) is 0 Å². The van der Waals surface area contributed by atoms with Gasteiger partial charge in [-0.3, -0.25) is 4.90 Å². The lowest BCUT2D eigenvalue weighted by Gasteiger charge is -2.42. The summed E-state index contributed by atoms with van der Waals surface area (Å²) in [5.74, 6) is 0.259. The molecule has 176 valence electrons. The van der Waals surface area contributed by atoms with Gasteiger partial charge in [-0.1, -0.05) is 32.8 Å². The van der Waals surface area contributed by atoms with Crippen molar-refractivity contribution in [3.63, 3.8) is 0 Å². The van der Waals surface area contributed by atoms with Gasteiger partial charge in [0.25, 0.3) is 0 Å². The minimum Gasteiger partial charge on any atom is -0.487 e. The molecule has 0 saturated carbocycles. The maximum Gasteiger partial charge on any atom is 0.321 e. The molecule has 33 heavy (non-hydrogen) atoms. The third kappa shape index (κ3) is 4.60. The Bertz CT molecular complexity index is 1050. The Balaban J connectivity index is 1.58. The monoisotopic (exact) mass is 454 g/mol. The lowest BCUT2D eigenvalue weighted by molar-refractivity contribution is 0.0145. The van der Waals surface area contributed by atoms with Gasteiger partial charge in [0, 0.05) is 36.8 Å². The Morgan fingerprint density at radius 2 is 2.00 bits per heavy atom. The number of nitrogens with one attached hydrogen (secondary N) is 3. The topological polar surface area (TPSA) is 82.7 Å². The normalized spacial score (nSPS) is 18.5. The van der Waals surface area contributed by atoms with E-state index in [2.05, 4.69) is 29.8 Å². The first-order chi connectivity index (χ1) is 15.9. The molecule has 0 radical (unpaired) electrons. The molecule has 2 heterocycles. The summed E-state index contributed by atoms with van der Waals surface area (Å²) in [6.45, 7) is 4.56. The van der Waals surface area contributed by atoms with Gasteiger partial charge in [0.2, 0.25) is 0 Å². The Hall–Kier alpha value is -3.29. The summed E-state index contributed by atoms with van der Waals surface area (Å²) in [6.07, 6.45) is 4.19. The fourth-order valence-electron chi connectivity index (χ4n) is 5.01. The van der Waals surface area contributed by atoms with E-state index in [4.69, 9.17) is 4.74 Å². The predicted octanol–water partition coefficient (Wildman–Crippen LogP) is 5.47. The van der Waals surface area contributed by atoms with Crippen molar-refractivity contribution in [2.45, 2.75) is 64.1 Å². The molecule has 4 rings (SSSR count). The van der Waals surface area contributed by atoms with Crippen LogP contribution in [-0.4, -0.2) is 24.7 Å². The summed E-state index contributed by atoms with van der Waals surface area (Å²) in [5, 5.41) is 8.78. The smallest absolute Gasteiger partial charge is 0.321 e. The van der Waals surface area contributed by atoms with E-state index in [0.29, 0.717) is 30.0 Å². The number of ether oxygens (including phenoxy) is 1. The van der Waals surface area contributed by atoms with Crippen molar-refractivity contribution >= 4 is 23.4 Å². The third-order valence-corrected chi connectivity index (χ3v) is 6.45. The average molecular weight is 455 g/mol. The molecule has 2 aromatic carbocycles. The highest BCUT2D eigenvalue weighted by Gasteiger charge is 2.40. The number of amides is 4. The molecule has 0 fully saturated rings. The first kappa shape index (κ1) is 22.9. The molecular formula is C25H31FN4O3. The van der Waals surface area contributed by atoms with Crippen LogP contribution >= 0.6 is 0 Å². The maximum absolute atomic E-state index is 14.1. The zero-order chi connectivity index (χ0) is 23.6. The van der Waals surface area contributed by atoms with Gasteiger partial charge < -0.3 is 20.7 Å². The van der Waals surface area contributed by atoms with E-state index in [0.717, 1.165) is 36.9 Å². The SMILES string of the molecule is CCCC1(CCC)C[C@@H](NC(=O)Nc2cccc3c2CNC(=O)N3C)c2cc(F)ccc2O1. The molecule has 0 aliphatic carbocycles. The lowest BCUT2D eigenvalue weighted by Crippen LogP contribution is -2.46. The number of benzene rings is 2. The van der Waals surface area contributed by atoms with Crippen LogP contribution in [-0.2, 0) is 6.54 Å². The van der Waals surface area contributed by atoms with Crippen LogP contribution < -0.4 is 25.6 Å². The summed E-state index contributed by atoms with van der Waals surface area (Å²) in [5.41, 5.74) is 2.46. The first-order valence-electron chi connectivity index (χ1n) is 11.5. The van der Waals surface area contributed by atoms with Crippen molar-refractivity contribution in [1.82, 2.24) is 10.6 Å². The van der Waals surface area contributed by atoms with E-state index in [9.17, 15) is 14.0 Å². The molecule has 2 aromatic rings. The van der Waals surface area contributed by atoms with Crippen molar-refractivity contribution < 1.29 is 18.7 Å².